The van der Waals surface area contributed by atoms with Gasteiger partial charge in [0.25, 0.3) is 0 Å². The predicted octanol–water partition coefficient (Wildman–Crippen LogP) is 36.8. The second-order valence-corrected chi connectivity index (χ2v) is 44.7. The van der Waals surface area contributed by atoms with Crippen LogP contribution in [0.2, 0.25) is 0 Å². The highest BCUT2D eigenvalue weighted by Gasteiger charge is 2.57. The molecule has 23 aromatic carbocycles. The molecule has 4 aliphatic heterocycles. The summed E-state index contributed by atoms with van der Waals surface area (Å²) in [5, 5.41) is 2.36. The first-order chi connectivity index (χ1) is 72.9. The molecule has 147 heavy (non-hydrogen) atoms. The van der Waals surface area contributed by atoms with Crippen LogP contribution in [0.25, 0.3) is 88.7 Å². The summed E-state index contributed by atoms with van der Waals surface area (Å²) in [6.07, 6.45) is 0. The lowest BCUT2D eigenvalue weighted by Crippen LogP contribution is -2.32. The highest BCUT2D eigenvalue weighted by atomic mass is 32.2. The maximum Gasteiger partial charge on any atom is 0.0736 e. The standard InChI is InChI=1S/C141H86N2S4/c1-3-35-87(36-4-1)96-79-80-128(109-47-8-7-41-98(96)109)143(94-72-77-107-102-45-12-17-52-113(102)140(126(107)85-94)119-58-23-30-66-133(119)146-134-67-31-24-59-120(134)140)95-73-78-108-103-46-13-18-53-114(103)141(127(108)86-95)121-60-25-32-68-135(121)147-136-97(48-34-61-122(136)141)88-37-33-40-90(81-88)137(89-38-5-2-6-39-89)110-49-14-9-42-99(110)104-74-69-91(82-123(104)137)142(92-70-75-105-100-43-10-15-50-111(100)138(124(105)83-92)115-54-19-26-62-129(115)144-130-63-27-20-55-116(130)138)93-71-76-106-101-44-11-16-51-112(101)139(125(106)84-93)117-56-21-28-64-131(117)145-132-65-29-22-57-118(132)139/h1-86H. The molecule has 23 aromatic rings. The van der Waals surface area contributed by atoms with Crippen LogP contribution >= 0.6 is 47.0 Å². The number of fused-ring (bicyclic) bond motifs is 40. The van der Waals surface area contributed by atoms with Crippen LogP contribution < -0.4 is 9.80 Å². The quantitative estimate of drug-likeness (QED) is 0.134. The van der Waals surface area contributed by atoms with Crippen molar-refractivity contribution in [2.24, 2.45) is 0 Å². The molecule has 4 spiro atoms. The Morgan fingerprint density at radius 2 is 0.388 bits per heavy atom. The first-order valence-electron chi connectivity index (χ1n) is 51.0. The molecule has 0 radical (unpaired) electrons. The lowest BCUT2D eigenvalue weighted by atomic mass is 9.66. The Morgan fingerprint density at radius 1 is 0.136 bits per heavy atom. The number of nitrogens with zero attached hydrogens (tertiary/aromatic N) is 2. The van der Waals surface area contributed by atoms with E-state index in [1.165, 1.54) is 228 Å². The fraction of sp³-hybridized carbons (Fsp3) is 0.0355. The summed E-state index contributed by atoms with van der Waals surface area (Å²) in [6.45, 7) is 0. The number of rotatable bonds is 10. The molecule has 5 aliphatic carbocycles. The van der Waals surface area contributed by atoms with Crippen LogP contribution in [-0.4, -0.2) is 0 Å². The van der Waals surface area contributed by atoms with E-state index in [-0.39, 0.29) is 0 Å². The molecule has 4 heterocycles. The van der Waals surface area contributed by atoms with E-state index in [1.807, 2.05) is 47.0 Å². The summed E-state index contributed by atoms with van der Waals surface area (Å²) in [6, 6.07) is 202. The van der Waals surface area contributed by atoms with E-state index in [1.54, 1.807) is 0 Å². The number of hydrogen-bond acceptors (Lipinski definition) is 6. The molecule has 684 valence electrons. The van der Waals surface area contributed by atoms with E-state index >= 15 is 0 Å². The Hall–Kier alpha value is -16.7. The summed E-state index contributed by atoms with van der Waals surface area (Å²) in [5.74, 6) is 0. The van der Waals surface area contributed by atoms with E-state index < -0.39 is 27.1 Å². The Kier molecular flexibility index (Phi) is 18.0. The average molecular weight is 1940 g/mol. The van der Waals surface area contributed by atoms with Crippen molar-refractivity contribution >= 4 is 91.9 Å². The third-order valence-corrected chi connectivity index (χ3v) is 38.5. The van der Waals surface area contributed by atoms with E-state index in [2.05, 4.69) is 532 Å². The molecule has 0 amide bonds. The largest absolute Gasteiger partial charge is 0.310 e. The van der Waals surface area contributed by atoms with Gasteiger partial charge in [0.15, 0.2) is 0 Å². The zero-order valence-corrected chi connectivity index (χ0v) is 82.9. The molecule has 0 aromatic heterocycles. The van der Waals surface area contributed by atoms with Gasteiger partial charge < -0.3 is 9.80 Å². The molecular weight excluding hydrogens is 1850 g/mol. The monoisotopic (exact) mass is 1930 g/mol. The van der Waals surface area contributed by atoms with E-state index in [0.717, 1.165) is 45.1 Å². The van der Waals surface area contributed by atoms with E-state index in [4.69, 9.17) is 0 Å². The Labute approximate surface area is 871 Å². The molecule has 9 aliphatic rings. The van der Waals surface area contributed by atoms with Crippen LogP contribution in [0.4, 0.5) is 34.1 Å². The predicted molar refractivity (Wildman–Crippen MR) is 607 cm³/mol. The molecule has 32 rings (SSSR count). The zero-order chi connectivity index (χ0) is 96.2. The molecule has 6 heteroatoms. The lowest BCUT2D eigenvalue weighted by molar-refractivity contribution is 0.721. The third-order valence-electron chi connectivity index (χ3n) is 33.8. The second-order valence-electron chi connectivity index (χ2n) is 40.4. The van der Waals surface area contributed by atoms with Crippen LogP contribution in [0, 0.1) is 0 Å². The minimum Gasteiger partial charge on any atom is -0.310 e. The summed E-state index contributed by atoms with van der Waals surface area (Å²) < 4.78 is 0. The molecule has 0 saturated heterocycles. The van der Waals surface area contributed by atoms with Gasteiger partial charge in [0.2, 0.25) is 0 Å². The lowest BCUT2D eigenvalue weighted by Gasteiger charge is -2.41. The van der Waals surface area contributed by atoms with Crippen LogP contribution in [0.3, 0.4) is 0 Å². The number of hydrogen-bond donors (Lipinski definition) is 0. The van der Waals surface area contributed by atoms with Crippen LogP contribution in [-0.2, 0) is 27.1 Å². The Bertz CT molecular complexity index is 9320. The SMILES string of the molecule is c1ccc(-c2ccc(N(c3ccc4c(c3)C3(c5ccccc5Sc5ccccc53)c3ccccc3-4)c3ccc4c(c3)C3(c5ccccc5Sc5c(-c6cccc(C7(c8ccccc8)c8ccccc8-c8ccc(N(c9ccc%10c(c9)C9(c%11ccccc%11Sc%11ccccc%119)c9ccccc9-%10)c9ccc%10c(c9)C9(c%11ccccc%11Sc%11ccccc%119)c9ccccc9-%10)cc87)c6)cccc53)c3ccccc3-4)c3ccccc23)cc1. The van der Waals surface area contributed by atoms with Crippen molar-refractivity contribution in [3.63, 3.8) is 0 Å². The molecular formula is C141H86N2S4. The number of anilines is 6. The van der Waals surface area contributed by atoms with Gasteiger partial charge in [-0.3, -0.25) is 0 Å². The van der Waals surface area contributed by atoms with Gasteiger partial charge in [0, 0.05) is 73.0 Å². The van der Waals surface area contributed by atoms with Crippen molar-refractivity contribution in [2.75, 3.05) is 9.80 Å². The summed E-state index contributed by atoms with van der Waals surface area (Å²) in [4.78, 5) is 15.4. The first kappa shape index (κ1) is 83.7. The normalized spacial score (nSPS) is 16.3. The zero-order valence-electron chi connectivity index (χ0n) is 79.7. The minimum absolute atomic E-state index is 0.611. The minimum atomic E-state index is -0.860. The van der Waals surface area contributed by atoms with Gasteiger partial charge in [-0.1, -0.05) is 453 Å². The van der Waals surface area contributed by atoms with Gasteiger partial charge >= 0.3 is 0 Å². The number of benzene rings is 23. The molecule has 2 atom stereocenters. The maximum atomic E-state index is 2.64. The first-order valence-corrected chi connectivity index (χ1v) is 54.2. The van der Waals surface area contributed by atoms with E-state index in [9.17, 15) is 0 Å². The molecule has 2 unspecified atom stereocenters. The van der Waals surface area contributed by atoms with E-state index in [0.29, 0.717) is 0 Å². The van der Waals surface area contributed by atoms with Crippen molar-refractivity contribution in [3.05, 3.63) is 633 Å². The van der Waals surface area contributed by atoms with Gasteiger partial charge in [0.1, 0.15) is 0 Å². The molecule has 2 nitrogen and oxygen atoms in total. The highest BCUT2D eigenvalue weighted by molar-refractivity contribution is 8.00. The Morgan fingerprint density at radius 3 is 0.769 bits per heavy atom. The van der Waals surface area contributed by atoms with Gasteiger partial charge in [-0.2, -0.15) is 0 Å². The van der Waals surface area contributed by atoms with Crippen molar-refractivity contribution in [1.29, 1.82) is 0 Å². The highest BCUT2D eigenvalue weighted by Crippen LogP contribution is 2.71. The second kappa shape index (κ2) is 31.7. The molecule has 0 fully saturated rings. The summed E-state index contributed by atoms with van der Waals surface area (Å²) >= 11 is 7.61. The van der Waals surface area contributed by atoms with Crippen molar-refractivity contribution in [2.45, 2.75) is 66.2 Å². The average Bonchev–Trinajstić information content (AvgIpc) is 1.53. The topological polar surface area (TPSA) is 6.48 Å². The molecule has 0 N–H and O–H groups in total. The van der Waals surface area contributed by atoms with Crippen LogP contribution in [0.1, 0.15) is 111 Å². The van der Waals surface area contributed by atoms with Crippen molar-refractivity contribution < 1.29 is 0 Å². The summed E-state index contributed by atoms with van der Waals surface area (Å²) in [7, 11) is 0. The molecule has 0 saturated carbocycles. The van der Waals surface area contributed by atoms with Gasteiger partial charge in [-0.25, -0.2) is 0 Å². The maximum absolute atomic E-state index is 2.64. The fourth-order valence-electron chi connectivity index (χ4n) is 28.2. The van der Waals surface area contributed by atoms with Gasteiger partial charge in [0.05, 0.1) is 32.8 Å². The van der Waals surface area contributed by atoms with Gasteiger partial charge in [-0.05, 0) is 310 Å². The smallest absolute Gasteiger partial charge is 0.0736 e. The van der Waals surface area contributed by atoms with Crippen LogP contribution in [0.15, 0.2) is 561 Å². The van der Waals surface area contributed by atoms with Gasteiger partial charge in [-0.15, -0.1) is 0 Å². The summed E-state index contributed by atoms with van der Waals surface area (Å²) in [5.41, 5.74) is 45.6. The Balaban J connectivity index is 0.602. The fourth-order valence-corrected chi connectivity index (χ4v) is 33.1. The third kappa shape index (κ3) is 11.2. The van der Waals surface area contributed by atoms with Crippen LogP contribution in [0.5, 0.6) is 0 Å². The van der Waals surface area contributed by atoms with Crippen molar-refractivity contribution in [1.82, 2.24) is 0 Å². The van der Waals surface area contributed by atoms with Crippen molar-refractivity contribution in [3.8, 4) is 77.9 Å². The molecule has 0 bridgehead atoms.